The average Bonchev–Trinajstić information content (AvgIpc) is 2.48. The summed E-state index contributed by atoms with van der Waals surface area (Å²) in [5.74, 6) is -1.41. The number of nitrogens with one attached hydrogen (secondary N) is 1. The second kappa shape index (κ2) is 3.99. The maximum atomic E-state index is 12.3. The number of halogens is 2. The van der Waals surface area contributed by atoms with Crippen molar-refractivity contribution in [2.45, 2.75) is 12.8 Å². The van der Waals surface area contributed by atoms with Gasteiger partial charge in [0.1, 0.15) is 11.3 Å². The van der Waals surface area contributed by atoms with Gasteiger partial charge in [0.05, 0.1) is 5.69 Å². The molecule has 2 N–H and O–H groups in total. The predicted octanol–water partition coefficient (Wildman–Crippen LogP) is 1.77. The zero-order valence-corrected chi connectivity index (χ0v) is 7.13. The van der Waals surface area contributed by atoms with Crippen LogP contribution in [0.3, 0.4) is 0 Å². The highest BCUT2D eigenvalue weighted by Crippen LogP contribution is 2.23. The topological polar surface area (TPSA) is 66.0 Å². The van der Waals surface area contributed by atoms with Gasteiger partial charge in [-0.05, 0) is 0 Å². The smallest absolute Gasteiger partial charge is 0.339 e. The van der Waals surface area contributed by atoms with Crippen LogP contribution in [0.5, 0.6) is 0 Å². The van der Waals surface area contributed by atoms with Crippen LogP contribution >= 0.6 is 0 Å². The van der Waals surface area contributed by atoms with Crippen LogP contribution in [0.15, 0.2) is 12.7 Å². The number of aromatic carboxylic acids is 1. The van der Waals surface area contributed by atoms with Crippen LogP contribution in [0.4, 0.5) is 8.78 Å². The first-order valence-electron chi connectivity index (χ1n) is 3.77. The van der Waals surface area contributed by atoms with Gasteiger partial charge in [0.25, 0.3) is 6.43 Å². The molecule has 14 heavy (non-hydrogen) atoms. The highest BCUT2D eigenvalue weighted by molar-refractivity contribution is 5.90. The quantitative estimate of drug-likeness (QED) is 0.731. The molecule has 0 saturated heterocycles. The van der Waals surface area contributed by atoms with Gasteiger partial charge in [0, 0.05) is 6.42 Å². The van der Waals surface area contributed by atoms with Crippen LogP contribution in [0.1, 0.15) is 28.2 Å². The molecule has 0 aliphatic rings. The number of H-pyrrole nitrogens is 1. The van der Waals surface area contributed by atoms with Crippen molar-refractivity contribution in [2.75, 3.05) is 0 Å². The SMILES string of the molecule is C=CCc1[nH]nc(C(F)F)c1C(=O)O. The second-order valence-electron chi connectivity index (χ2n) is 2.56. The summed E-state index contributed by atoms with van der Waals surface area (Å²) in [6.07, 6.45) is -1.31. The largest absolute Gasteiger partial charge is 0.478 e. The van der Waals surface area contributed by atoms with E-state index in [0.717, 1.165) is 0 Å². The molecule has 1 heterocycles. The lowest BCUT2D eigenvalue weighted by atomic mass is 10.1. The molecule has 4 nitrogen and oxygen atoms in total. The summed E-state index contributed by atoms with van der Waals surface area (Å²) in [6, 6.07) is 0. The molecule has 0 atom stereocenters. The molecule has 0 saturated carbocycles. The Kier molecular flexibility index (Phi) is 2.95. The minimum Gasteiger partial charge on any atom is -0.478 e. The van der Waals surface area contributed by atoms with E-state index in [1.165, 1.54) is 6.08 Å². The normalized spacial score (nSPS) is 10.5. The van der Waals surface area contributed by atoms with Crippen LogP contribution < -0.4 is 0 Å². The third-order valence-electron chi connectivity index (χ3n) is 1.64. The predicted molar refractivity (Wildman–Crippen MR) is 44.4 cm³/mol. The number of allylic oxidation sites excluding steroid dienone is 1. The maximum Gasteiger partial charge on any atom is 0.339 e. The van der Waals surface area contributed by atoms with E-state index in [4.69, 9.17) is 5.11 Å². The summed E-state index contributed by atoms with van der Waals surface area (Å²) >= 11 is 0. The second-order valence-corrected chi connectivity index (χ2v) is 2.56. The summed E-state index contributed by atoms with van der Waals surface area (Å²) in [4.78, 5) is 10.7. The molecule has 0 spiro atoms. The van der Waals surface area contributed by atoms with Crippen molar-refractivity contribution in [3.63, 3.8) is 0 Å². The minimum absolute atomic E-state index is 0.141. The third-order valence-corrected chi connectivity index (χ3v) is 1.64. The highest BCUT2D eigenvalue weighted by Gasteiger charge is 2.24. The fourth-order valence-corrected chi connectivity index (χ4v) is 1.08. The fraction of sp³-hybridized carbons (Fsp3) is 0.250. The van der Waals surface area contributed by atoms with E-state index in [-0.39, 0.29) is 12.1 Å². The summed E-state index contributed by atoms with van der Waals surface area (Å²) < 4.78 is 24.5. The van der Waals surface area contributed by atoms with Gasteiger partial charge in [-0.2, -0.15) is 5.10 Å². The lowest BCUT2D eigenvalue weighted by molar-refractivity contribution is 0.0683. The number of hydrogen-bond donors (Lipinski definition) is 2. The molecule has 1 aromatic rings. The van der Waals surface area contributed by atoms with E-state index < -0.39 is 23.7 Å². The molecule has 6 heteroatoms. The number of hydrogen-bond acceptors (Lipinski definition) is 2. The standard InChI is InChI=1S/C8H8F2N2O2/c1-2-3-4-5(8(13)14)6(7(9)10)12-11-4/h2,7H,1,3H2,(H,11,12)(H,13,14). The van der Waals surface area contributed by atoms with Crippen LogP contribution in [-0.2, 0) is 6.42 Å². The molecule has 0 aliphatic carbocycles. The molecule has 1 aromatic heterocycles. The number of aromatic amines is 1. The molecule has 0 fully saturated rings. The van der Waals surface area contributed by atoms with Crippen molar-refractivity contribution in [3.05, 3.63) is 29.6 Å². The lowest BCUT2D eigenvalue weighted by Gasteiger charge is -1.97. The summed E-state index contributed by atoms with van der Waals surface area (Å²) in [7, 11) is 0. The molecule has 1 rings (SSSR count). The molecule has 0 amide bonds. The number of alkyl halides is 2. The maximum absolute atomic E-state index is 12.3. The van der Waals surface area contributed by atoms with Gasteiger partial charge < -0.3 is 5.11 Å². The first-order valence-corrected chi connectivity index (χ1v) is 3.77. The van der Waals surface area contributed by atoms with Gasteiger partial charge in [0.2, 0.25) is 0 Å². The lowest BCUT2D eigenvalue weighted by Crippen LogP contribution is -2.03. The molecule has 0 aliphatic heterocycles. The summed E-state index contributed by atoms with van der Waals surface area (Å²) in [5.41, 5.74) is -1.04. The number of carboxylic acids is 1. The molecule has 0 unspecified atom stereocenters. The van der Waals surface area contributed by atoms with Gasteiger partial charge in [-0.15, -0.1) is 6.58 Å². The van der Waals surface area contributed by atoms with Crippen LogP contribution in [0.25, 0.3) is 0 Å². The first kappa shape index (κ1) is 10.4. The molecular weight excluding hydrogens is 194 g/mol. The molecule has 76 valence electrons. The Labute approximate surface area is 78.3 Å². The van der Waals surface area contributed by atoms with Crippen LogP contribution in [-0.4, -0.2) is 21.3 Å². The highest BCUT2D eigenvalue weighted by atomic mass is 19.3. The zero-order valence-electron chi connectivity index (χ0n) is 7.13. The van der Waals surface area contributed by atoms with Crippen LogP contribution in [0, 0.1) is 0 Å². The Morgan fingerprint density at radius 3 is 2.79 bits per heavy atom. The number of carbonyl (C=O) groups is 1. The number of carboxylic acid groups (broad SMARTS) is 1. The third kappa shape index (κ3) is 1.78. The van der Waals surface area contributed by atoms with Crippen molar-refractivity contribution in [3.8, 4) is 0 Å². The Morgan fingerprint density at radius 2 is 2.36 bits per heavy atom. The van der Waals surface area contributed by atoms with Crippen LogP contribution in [0.2, 0.25) is 0 Å². The Balaban J connectivity index is 3.19. The molecule has 0 bridgehead atoms. The van der Waals surface area contributed by atoms with Gasteiger partial charge >= 0.3 is 5.97 Å². The van der Waals surface area contributed by atoms with Crippen molar-refractivity contribution in [2.24, 2.45) is 0 Å². The van der Waals surface area contributed by atoms with Crippen molar-refractivity contribution >= 4 is 5.97 Å². The van der Waals surface area contributed by atoms with Crippen molar-refractivity contribution in [1.29, 1.82) is 0 Å². The fourth-order valence-electron chi connectivity index (χ4n) is 1.08. The van der Waals surface area contributed by atoms with Gasteiger partial charge in [-0.1, -0.05) is 6.08 Å². The van der Waals surface area contributed by atoms with Gasteiger partial charge in [0.15, 0.2) is 0 Å². The molecular formula is C8H8F2N2O2. The van der Waals surface area contributed by atoms with Gasteiger partial charge in [-0.3, -0.25) is 5.10 Å². The van der Waals surface area contributed by atoms with E-state index in [1.54, 1.807) is 0 Å². The van der Waals surface area contributed by atoms with E-state index in [9.17, 15) is 13.6 Å². The van der Waals surface area contributed by atoms with E-state index in [0.29, 0.717) is 0 Å². The van der Waals surface area contributed by atoms with E-state index in [1.807, 2.05) is 0 Å². The Morgan fingerprint density at radius 1 is 1.71 bits per heavy atom. The number of rotatable bonds is 4. The van der Waals surface area contributed by atoms with E-state index in [2.05, 4.69) is 16.8 Å². The van der Waals surface area contributed by atoms with E-state index >= 15 is 0 Å². The first-order chi connectivity index (χ1) is 6.57. The van der Waals surface area contributed by atoms with Crippen molar-refractivity contribution in [1.82, 2.24) is 10.2 Å². The number of nitrogens with zero attached hydrogens (tertiary/aromatic N) is 1. The Hall–Kier alpha value is -1.72. The monoisotopic (exact) mass is 202 g/mol. The van der Waals surface area contributed by atoms with Crippen molar-refractivity contribution < 1.29 is 18.7 Å². The molecule has 0 radical (unpaired) electrons. The minimum atomic E-state index is -2.89. The van der Waals surface area contributed by atoms with Gasteiger partial charge in [-0.25, -0.2) is 13.6 Å². The number of aromatic nitrogens is 2. The average molecular weight is 202 g/mol. The summed E-state index contributed by atoms with van der Waals surface area (Å²) in [5, 5.41) is 14.2. The zero-order chi connectivity index (χ0) is 10.7. The Bertz CT molecular complexity index is 360. The molecule has 0 aromatic carbocycles. The summed E-state index contributed by atoms with van der Waals surface area (Å²) in [6.45, 7) is 3.38.